The van der Waals surface area contributed by atoms with Gasteiger partial charge in [-0.05, 0) is 19.1 Å². The van der Waals surface area contributed by atoms with Crippen molar-refractivity contribution in [3.8, 4) is 5.75 Å². The lowest BCUT2D eigenvalue weighted by molar-refractivity contribution is -0.121. The fraction of sp³-hybridized carbons (Fsp3) is 0.462. The van der Waals surface area contributed by atoms with Gasteiger partial charge in [-0.25, -0.2) is 0 Å². The largest absolute Gasteiger partial charge is 0.495 e. The van der Waals surface area contributed by atoms with E-state index < -0.39 is 0 Å². The van der Waals surface area contributed by atoms with Crippen molar-refractivity contribution in [2.45, 2.75) is 20.8 Å². The average Bonchev–Trinajstić information content (AvgIpc) is 2.30. The van der Waals surface area contributed by atoms with Gasteiger partial charge >= 0.3 is 0 Å². The SMILES string of the molecule is CCN(C(=O)C(C)C)c1ccccc1OC. The van der Waals surface area contributed by atoms with Gasteiger partial charge in [0.2, 0.25) is 5.91 Å². The molecule has 1 aromatic carbocycles. The average molecular weight is 221 g/mol. The van der Waals surface area contributed by atoms with Gasteiger partial charge in [-0.1, -0.05) is 26.0 Å². The molecule has 3 nitrogen and oxygen atoms in total. The van der Waals surface area contributed by atoms with Crippen molar-refractivity contribution in [3.63, 3.8) is 0 Å². The highest BCUT2D eigenvalue weighted by Gasteiger charge is 2.19. The molecule has 0 aromatic heterocycles. The zero-order valence-corrected chi connectivity index (χ0v) is 10.4. The number of anilines is 1. The smallest absolute Gasteiger partial charge is 0.229 e. The molecule has 16 heavy (non-hydrogen) atoms. The predicted octanol–water partition coefficient (Wildman–Crippen LogP) is 2.70. The van der Waals surface area contributed by atoms with Crippen molar-refractivity contribution in [1.29, 1.82) is 0 Å². The Labute approximate surface area is 97.0 Å². The molecule has 0 bridgehead atoms. The zero-order chi connectivity index (χ0) is 12.1. The molecule has 0 aliphatic carbocycles. The van der Waals surface area contributed by atoms with Crippen LogP contribution >= 0.6 is 0 Å². The lowest BCUT2D eigenvalue weighted by Crippen LogP contribution is -2.34. The third-order valence-electron chi connectivity index (χ3n) is 2.45. The normalized spacial score (nSPS) is 10.3. The summed E-state index contributed by atoms with van der Waals surface area (Å²) in [6, 6.07) is 7.58. The maximum atomic E-state index is 12.0. The molecule has 0 N–H and O–H groups in total. The summed E-state index contributed by atoms with van der Waals surface area (Å²) < 4.78 is 5.26. The molecule has 1 rings (SSSR count). The lowest BCUT2D eigenvalue weighted by Gasteiger charge is -2.24. The maximum Gasteiger partial charge on any atom is 0.229 e. The van der Waals surface area contributed by atoms with Gasteiger partial charge in [-0.3, -0.25) is 4.79 Å². The van der Waals surface area contributed by atoms with Gasteiger partial charge in [0.25, 0.3) is 0 Å². The Morgan fingerprint density at radius 2 is 2.00 bits per heavy atom. The summed E-state index contributed by atoms with van der Waals surface area (Å²) in [4.78, 5) is 13.8. The van der Waals surface area contributed by atoms with Crippen LogP contribution in [0.5, 0.6) is 5.75 Å². The van der Waals surface area contributed by atoms with Gasteiger partial charge < -0.3 is 9.64 Å². The van der Waals surface area contributed by atoms with Crippen LogP contribution in [-0.2, 0) is 4.79 Å². The van der Waals surface area contributed by atoms with E-state index >= 15 is 0 Å². The molecular weight excluding hydrogens is 202 g/mol. The van der Waals surface area contributed by atoms with Crippen LogP contribution in [-0.4, -0.2) is 19.6 Å². The van der Waals surface area contributed by atoms with Crippen molar-refractivity contribution in [3.05, 3.63) is 24.3 Å². The highest BCUT2D eigenvalue weighted by Crippen LogP contribution is 2.28. The molecule has 0 fully saturated rings. The van der Waals surface area contributed by atoms with E-state index in [-0.39, 0.29) is 11.8 Å². The number of rotatable bonds is 4. The molecule has 1 aromatic rings. The number of benzene rings is 1. The summed E-state index contributed by atoms with van der Waals surface area (Å²) in [6.45, 7) is 6.42. The summed E-state index contributed by atoms with van der Waals surface area (Å²) in [6.07, 6.45) is 0. The van der Waals surface area contributed by atoms with Crippen molar-refractivity contribution >= 4 is 11.6 Å². The summed E-state index contributed by atoms with van der Waals surface area (Å²) >= 11 is 0. The van der Waals surface area contributed by atoms with Gasteiger partial charge in [-0.2, -0.15) is 0 Å². The maximum absolute atomic E-state index is 12.0. The molecule has 0 unspecified atom stereocenters. The van der Waals surface area contributed by atoms with E-state index in [2.05, 4.69) is 0 Å². The molecule has 0 saturated heterocycles. The highest BCUT2D eigenvalue weighted by molar-refractivity contribution is 5.95. The standard InChI is InChI=1S/C13H19NO2/c1-5-14(13(15)10(2)3)11-8-6-7-9-12(11)16-4/h6-10H,5H2,1-4H3. The van der Waals surface area contributed by atoms with Crippen LogP contribution in [0, 0.1) is 5.92 Å². The minimum absolute atomic E-state index is 0.00939. The van der Waals surface area contributed by atoms with Gasteiger partial charge in [0.05, 0.1) is 12.8 Å². The number of amides is 1. The van der Waals surface area contributed by atoms with E-state index in [0.29, 0.717) is 6.54 Å². The van der Waals surface area contributed by atoms with Gasteiger partial charge in [0.1, 0.15) is 5.75 Å². The third kappa shape index (κ3) is 2.54. The monoisotopic (exact) mass is 221 g/mol. The molecule has 0 aliphatic heterocycles. The van der Waals surface area contributed by atoms with E-state index in [1.54, 1.807) is 12.0 Å². The van der Waals surface area contributed by atoms with Crippen LogP contribution in [0.2, 0.25) is 0 Å². The quantitative estimate of drug-likeness (QED) is 0.782. The number of ether oxygens (including phenoxy) is 1. The first-order valence-electron chi connectivity index (χ1n) is 5.56. The van der Waals surface area contributed by atoms with Crippen molar-refractivity contribution in [1.82, 2.24) is 0 Å². The van der Waals surface area contributed by atoms with Crippen molar-refractivity contribution < 1.29 is 9.53 Å². The number of hydrogen-bond acceptors (Lipinski definition) is 2. The molecule has 88 valence electrons. The van der Waals surface area contributed by atoms with Crippen LogP contribution in [0.25, 0.3) is 0 Å². The third-order valence-corrected chi connectivity index (χ3v) is 2.45. The predicted molar refractivity (Wildman–Crippen MR) is 65.9 cm³/mol. The second-order valence-corrected chi connectivity index (χ2v) is 3.91. The van der Waals surface area contributed by atoms with Gasteiger partial charge in [0.15, 0.2) is 0 Å². The molecular formula is C13H19NO2. The Kier molecular flexibility index (Phi) is 4.35. The fourth-order valence-electron chi connectivity index (χ4n) is 1.61. The van der Waals surface area contributed by atoms with Crippen LogP contribution in [0.3, 0.4) is 0 Å². The van der Waals surface area contributed by atoms with E-state index in [9.17, 15) is 4.79 Å². The molecule has 0 aliphatic rings. The Morgan fingerprint density at radius 3 is 2.50 bits per heavy atom. The van der Waals surface area contributed by atoms with Crippen LogP contribution < -0.4 is 9.64 Å². The molecule has 0 spiro atoms. The molecule has 1 amide bonds. The fourth-order valence-corrected chi connectivity index (χ4v) is 1.61. The Balaban J connectivity index is 3.08. The number of carbonyl (C=O) groups is 1. The van der Waals surface area contributed by atoms with Crippen LogP contribution in [0.1, 0.15) is 20.8 Å². The zero-order valence-electron chi connectivity index (χ0n) is 10.4. The second-order valence-electron chi connectivity index (χ2n) is 3.91. The van der Waals surface area contributed by atoms with E-state index in [1.807, 2.05) is 45.0 Å². The lowest BCUT2D eigenvalue weighted by atomic mass is 10.1. The number of nitrogens with zero attached hydrogens (tertiary/aromatic N) is 1. The number of methoxy groups -OCH3 is 1. The summed E-state index contributed by atoms with van der Waals surface area (Å²) in [7, 11) is 1.62. The summed E-state index contributed by atoms with van der Waals surface area (Å²) in [5.74, 6) is 0.843. The minimum Gasteiger partial charge on any atom is -0.495 e. The molecule has 0 saturated carbocycles. The summed E-state index contributed by atoms with van der Waals surface area (Å²) in [5.41, 5.74) is 0.839. The van der Waals surface area contributed by atoms with E-state index in [4.69, 9.17) is 4.74 Å². The first kappa shape index (κ1) is 12.6. The minimum atomic E-state index is -0.00939. The van der Waals surface area contributed by atoms with Gasteiger partial charge in [0, 0.05) is 12.5 Å². The second kappa shape index (κ2) is 5.54. The Morgan fingerprint density at radius 1 is 1.38 bits per heavy atom. The number of para-hydroxylation sites is 2. The molecule has 0 radical (unpaired) electrons. The molecule has 3 heteroatoms. The topological polar surface area (TPSA) is 29.5 Å². The molecule has 0 atom stereocenters. The number of carbonyl (C=O) groups excluding carboxylic acids is 1. The first-order chi connectivity index (χ1) is 7.61. The number of hydrogen-bond donors (Lipinski definition) is 0. The Hall–Kier alpha value is -1.51. The van der Waals surface area contributed by atoms with Crippen LogP contribution in [0.15, 0.2) is 24.3 Å². The van der Waals surface area contributed by atoms with E-state index in [0.717, 1.165) is 11.4 Å². The first-order valence-corrected chi connectivity index (χ1v) is 5.56. The van der Waals surface area contributed by atoms with Crippen molar-refractivity contribution in [2.75, 3.05) is 18.6 Å². The Bertz CT molecular complexity index is 361. The van der Waals surface area contributed by atoms with E-state index in [1.165, 1.54) is 0 Å². The summed E-state index contributed by atoms with van der Waals surface area (Å²) in [5, 5.41) is 0. The van der Waals surface area contributed by atoms with Gasteiger partial charge in [-0.15, -0.1) is 0 Å². The van der Waals surface area contributed by atoms with Crippen LogP contribution in [0.4, 0.5) is 5.69 Å². The highest BCUT2D eigenvalue weighted by atomic mass is 16.5. The molecule has 0 heterocycles. The van der Waals surface area contributed by atoms with Crippen molar-refractivity contribution in [2.24, 2.45) is 5.92 Å².